The van der Waals surface area contributed by atoms with Crippen molar-refractivity contribution in [3.05, 3.63) is 42.0 Å². The zero-order chi connectivity index (χ0) is 8.97. The Labute approximate surface area is 72.7 Å². The first kappa shape index (κ1) is 8.60. The summed E-state index contributed by atoms with van der Waals surface area (Å²) in [5, 5.41) is 9.38. The highest BCUT2D eigenvalue weighted by Gasteiger charge is 1.95. The van der Waals surface area contributed by atoms with E-state index in [1.54, 1.807) is 12.1 Å². The fourth-order valence-corrected chi connectivity index (χ4v) is 1.01. The molecule has 1 N–H and O–H groups in total. The van der Waals surface area contributed by atoms with Crippen molar-refractivity contribution in [3.8, 4) is 5.75 Å². The first-order valence-electron chi connectivity index (χ1n) is 3.86. The van der Waals surface area contributed by atoms with E-state index >= 15 is 0 Å². The number of hydrogen-bond donors (Lipinski definition) is 1. The molecule has 0 aliphatic carbocycles. The molecule has 0 saturated carbocycles. The first-order chi connectivity index (χ1) is 5.77. The van der Waals surface area contributed by atoms with E-state index in [1.807, 2.05) is 31.2 Å². The maximum absolute atomic E-state index is 9.38. The Hall–Kier alpha value is -1.50. The largest absolute Gasteiger partial charge is 0.507 e. The van der Waals surface area contributed by atoms with Crippen molar-refractivity contribution in [2.75, 3.05) is 0 Å². The number of hydrogen-bond acceptors (Lipinski definition) is 1. The molecule has 1 rings (SSSR count). The van der Waals surface area contributed by atoms with Crippen LogP contribution in [0.15, 0.2) is 30.9 Å². The molecule has 62 valence electrons. The molecule has 1 aromatic carbocycles. The summed E-state index contributed by atoms with van der Waals surface area (Å²) in [6.07, 6.45) is 5.51. The highest BCUT2D eigenvalue weighted by molar-refractivity contribution is 5.62. The van der Waals surface area contributed by atoms with Gasteiger partial charge in [-0.1, -0.05) is 30.9 Å². The quantitative estimate of drug-likeness (QED) is 0.704. The number of aromatic hydroxyl groups is 1. The zero-order valence-electron chi connectivity index (χ0n) is 7.12. The molecule has 1 heteroatoms. The third kappa shape index (κ3) is 1.76. The van der Waals surface area contributed by atoms with Crippen LogP contribution in [0.3, 0.4) is 0 Å². The van der Waals surface area contributed by atoms with Crippen molar-refractivity contribution in [2.45, 2.75) is 6.92 Å². The van der Waals surface area contributed by atoms with Crippen LogP contribution >= 0.6 is 0 Å². The van der Waals surface area contributed by atoms with Crippen molar-refractivity contribution < 1.29 is 5.11 Å². The molecule has 0 unspecified atom stereocenters. The third-order valence-corrected chi connectivity index (χ3v) is 1.63. The van der Waals surface area contributed by atoms with Gasteiger partial charge in [-0.15, -0.1) is 0 Å². The second-order valence-electron chi connectivity index (χ2n) is 2.52. The zero-order valence-corrected chi connectivity index (χ0v) is 7.12. The molecule has 0 radical (unpaired) electrons. The summed E-state index contributed by atoms with van der Waals surface area (Å²) in [4.78, 5) is 0. The fourth-order valence-electron chi connectivity index (χ4n) is 1.01. The Morgan fingerprint density at radius 1 is 1.42 bits per heavy atom. The van der Waals surface area contributed by atoms with E-state index in [-0.39, 0.29) is 0 Å². The molecule has 0 aromatic heterocycles. The van der Waals surface area contributed by atoms with Gasteiger partial charge in [-0.05, 0) is 24.6 Å². The van der Waals surface area contributed by atoms with Gasteiger partial charge >= 0.3 is 0 Å². The number of phenolic OH excluding ortho intramolecular Hbond substituents is 1. The van der Waals surface area contributed by atoms with E-state index in [9.17, 15) is 5.11 Å². The van der Waals surface area contributed by atoms with Crippen LogP contribution in [0, 0.1) is 0 Å². The van der Waals surface area contributed by atoms with Gasteiger partial charge in [-0.2, -0.15) is 0 Å². The van der Waals surface area contributed by atoms with Gasteiger partial charge in [0.25, 0.3) is 0 Å². The van der Waals surface area contributed by atoms with Crippen LogP contribution in [0.25, 0.3) is 12.2 Å². The second kappa shape index (κ2) is 3.77. The van der Waals surface area contributed by atoms with Crippen molar-refractivity contribution in [1.82, 2.24) is 0 Å². The summed E-state index contributed by atoms with van der Waals surface area (Å²) in [6.45, 7) is 5.57. The van der Waals surface area contributed by atoms with Crippen LogP contribution < -0.4 is 0 Å². The lowest BCUT2D eigenvalue weighted by Crippen LogP contribution is -1.76. The Bertz CT molecular complexity index is 311. The van der Waals surface area contributed by atoms with Crippen LogP contribution in [0.4, 0.5) is 0 Å². The number of phenols is 1. The van der Waals surface area contributed by atoms with Gasteiger partial charge in [0.1, 0.15) is 5.75 Å². The lowest BCUT2D eigenvalue weighted by atomic mass is 10.1. The molecule has 0 fully saturated rings. The molecule has 0 amide bonds. The number of allylic oxidation sites excluding steroid dienone is 1. The Morgan fingerprint density at radius 2 is 2.17 bits per heavy atom. The van der Waals surface area contributed by atoms with Crippen molar-refractivity contribution in [3.63, 3.8) is 0 Å². The van der Waals surface area contributed by atoms with E-state index < -0.39 is 0 Å². The SMILES string of the molecule is C=Cc1ccc(O)c(C=CC)c1. The monoisotopic (exact) mass is 160 g/mol. The highest BCUT2D eigenvalue weighted by atomic mass is 16.3. The van der Waals surface area contributed by atoms with Gasteiger partial charge < -0.3 is 5.11 Å². The van der Waals surface area contributed by atoms with Crippen LogP contribution in [-0.4, -0.2) is 5.11 Å². The molecule has 0 atom stereocenters. The van der Waals surface area contributed by atoms with E-state index in [1.165, 1.54) is 0 Å². The standard InChI is InChI=1S/C11H12O/c1-3-5-10-8-9(4-2)6-7-11(10)12/h3-8,12H,2H2,1H3. The number of rotatable bonds is 2. The third-order valence-electron chi connectivity index (χ3n) is 1.63. The van der Waals surface area contributed by atoms with E-state index in [2.05, 4.69) is 6.58 Å². The molecule has 0 heterocycles. The predicted molar refractivity (Wildman–Crippen MR) is 52.9 cm³/mol. The summed E-state index contributed by atoms with van der Waals surface area (Å²) in [5.74, 6) is 0.304. The summed E-state index contributed by atoms with van der Waals surface area (Å²) in [7, 11) is 0. The molecule has 1 nitrogen and oxygen atoms in total. The number of benzene rings is 1. The van der Waals surface area contributed by atoms with Gasteiger partial charge in [-0.25, -0.2) is 0 Å². The average molecular weight is 160 g/mol. The molecule has 12 heavy (non-hydrogen) atoms. The topological polar surface area (TPSA) is 20.2 Å². The molecule has 0 bridgehead atoms. The molecular formula is C11H12O. The maximum atomic E-state index is 9.38. The van der Waals surface area contributed by atoms with E-state index in [0.717, 1.165) is 11.1 Å². The predicted octanol–water partition coefficient (Wildman–Crippen LogP) is 3.07. The van der Waals surface area contributed by atoms with Crippen molar-refractivity contribution >= 4 is 12.2 Å². The van der Waals surface area contributed by atoms with Crippen molar-refractivity contribution in [1.29, 1.82) is 0 Å². The Kier molecular flexibility index (Phi) is 2.70. The minimum absolute atomic E-state index is 0.304. The lowest BCUT2D eigenvalue weighted by Gasteiger charge is -1.99. The average Bonchev–Trinajstić information content (AvgIpc) is 2.09. The summed E-state index contributed by atoms with van der Waals surface area (Å²) in [5.41, 5.74) is 1.84. The van der Waals surface area contributed by atoms with E-state index in [4.69, 9.17) is 0 Å². The summed E-state index contributed by atoms with van der Waals surface area (Å²) in [6, 6.07) is 5.39. The highest BCUT2D eigenvalue weighted by Crippen LogP contribution is 2.20. The minimum Gasteiger partial charge on any atom is -0.507 e. The molecular weight excluding hydrogens is 148 g/mol. The molecule has 0 aliphatic rings. The minimum atomic E-state index is 0.304. The van der Waals surface area contributed by atoms with Crippen LogP contribution in [-0.2, 0) is 0 Å². The van der Waals surface area contributed by atoms with Crippen molar-refractivity contribution in [2.24, 2.45) is 0 Å². The van der Waals surface area contributed by atoms with Gasteiger partial charge in [0.05, 0.1) is 0 Å². The second-order valence-corrected chi connectivity index (χ2v) is 2.52. The lowest BCUT2D eigenvalue weighted by molar-refractivity contribution is 0.474. The Morgan fingerprint density at radius 3 is 2.75 bits per heavy atom. The summed E-state index contributed by atoms with van der Waals surface area (Å²) >= 11 is 0. The fraction of sp³-hybridized carbons (Fsp3) is 0.0909. The smallest absolute Gasteiger partial charge is 0.122 e. The molecule has 0 aliphatic heterocycles. The van der Waals surface area contributed by atoms with Gasteiger partial charge in [0, 0.05) is 5.56 Å². The van der Waals surface area contributed by atoms with E-state index in [0.29, 0.717) is 5.75 Å². The molecule has 0 saturated heterocycles. The normalized spacial score (nSPS) is 10.4. The Balaban J connectivity index is 3.16. The first-order valence-corrected chi connectivity index (χ1v) is 3.86. The molecule has 0 spiro atoms. The van der Waals surface area contributed by atoms with Crippen LogP contribution in [0.5, 0.6) is 5.75 Å². The van der Waals surface area contributed by atoms with Gasteiger partial charge in [0.2, 0.25) is 0 Å². The molecule has 1 aromatic rings. The maximum Gasteiger partial charge on any atom is 0.122 e. The van der Waals surface area contributed by atoms with Gasteiger partial charge in [0.15, 0.2) is 0 Å². The van der Waals surface area contributed by atoms with Crippen LogP contribution in [0.2, 0.25) is 0 Å². The summed E-state index contributed by atoms with van der Waals surface area (Å²) < 4.78 is 0. The van der Waals surface area contributed by atoms with Crippen LogP contribution in [0.1, 0.15) is 18.1 Å². The van der Waals surface area contributed by atoms with Gasteiger partial charge in [-0.3, -0.25) is 0 Å².